The summed E-state index contributed by atoms with van der Waals surface area (Å²) in [5.41, 5.74) is 3.40. The maximum Gasteiger partial charge on any atom is 0.154 e. The molecule has 1 heterocycles. The molecule has 1 fully saturated rings. The van der Waals surface area contributed by atoms with E-state index in [9.17, 15) is 4.79 Å². The fraction of sp³-hybridized carbons (Fsp3) is 0.192. The zero-order valence-electron chi connectivity index (χ0n) is 16.3. The highest BCUT2D eigenvalue weighted by Gasteiger charge is 2.51. The van der Waals surface area contributed by atoms with Crippen molar-refractivity contribution in [1.82, 2.24) is 0 Å². The van der Waals surface area contributed by atoms with Crippen LogP contribution in [0.25, 0.3) is 0 Å². The second-order valence-corrected chi connectivity index (χ2v) is 10.2. The van der Waals surface area contributed by atoms with Gasteiger partial charge in [-0.15, -0.1) is 11.6 Å². The summed E-state index contributed by atoms with van der Waals surface area (Å²) in [6.07, 6.45) is 1.78. The number of allylic oxidation sites excluding steroid dienone is 1. The highest BCUT2D eigenvalue weighted by molar-refractivity contribution is 7.67. The van der Waals surface area contributed by atoms with Crippen LogP contribution in [0.1, 0.15) is 17.5 Å². The molecule has 1 nitrogen and oxygen atoms in total. The van der Waals surface area contributed by atoms with E-state index in [4.69, 9.17) is 11.6 Å². The second kappa shape index (κ2) is 8.66. The highest BCUT2D eigenvalue weighted by atomic mass is 35.5. The van der Waals surface area contributed by atoms with Gasteiger partial charge in [-0.05, 0) is 34.6 Å². The van der Waals surface area contributed by atoms with Crippen LogP contribution in [0.4, 0.5) is 0 Å². The topological polar surface area (TPSA) is 17.1 Å². The quantitative estimate of drug-likeness (QED) is 0.277. The summed E-state index contributed by atoms with van der Waals surface area (Å²) >= 11 is 6.00. The first kappa shape index (κ1) is 20.1. The Kier molecular flexibility index (Phi) is 5.99. The molecule has 0 saturated carbocycles. The summed E-state index contributed by atoms with van der Waals surface area (Å²) < 4.78 is 0. The van der Waals surface area contributed by atoms with Crippen molar-refractivity contribution in [3.63, 3.8) is 0 Å². The molecule has 146 valence electrons. The van der Waals surface area contributed by atoms with Crippen molar-refractivity contribution in [3.8, 4) is 0 Å². The minimum absolute atomic E-state index is 0.0343. The van der Waals surface area contributed by atoms with Crippen LogP contribution in [-0.4, -0.2) is 17.8 Å². The van der Waals surface area contributed by atoms with Crippen LogP contribution in [0, 0.1) is 5.92 Å². The van der Waals surface area contributed by atoms with Crippen molar-refractivity contribution in [1.29, 1.82) is 0 Å². The Morgan fingerprint density at radius 3 is 1.86 bits per heavy atom. The van der Waals surface area contributed by atoms with Gasteiger partial charge in [-0.1, -0.05) is 105 Å². The van der Waals surface area contributed by atoms with E-state index in [0.29, 0.717) is 0 Å². The molecular weight excluding hydrogens is 395 g/mol. The molecule has 1 aliphatic rings. The van der Waals surface area contributed by atoms with E-state index in [0.717, 1.165) is 18.2 Å². The van der Waals surface area contributed by atoms with Gasteiger partial charge >= 0.3 is 0 Å². The summed E-state index contributed by atoms with van der Waals surface area (Å²) in [5.74, 6) is -0.0990. The number of carbonyl (C=O) groups is 1. The predicted molar refractivity (Wildman–Crippen MR) is 125 cm³/mol. The van der Waals surface area contributed by atoms with E-state index < -0.39 is 13.1 Å². The first-order chi connectivity index (χ1) is 14.2. The lowest BCUT2D eigenvalue weighted by Gasteiger charge is -2.50. The van der Waals surface area contributed by atoms with Gasteiger partial charge in [0.25, 0.3) is 0 Å². The lowest BCUT2D eigenvalue weighted by atomic mass is 9.76. The molecule has 0 radical (unpaired) electrons. The Balaban J connectivity index is 2.02. The van der Waals surface area contributed by atoms with Gasteiger partial charge in [-0.2, -0.15) is 0 Å². The molecule has 0 bridgehead atoms. The maximum atomic E-state index is 12.8. The van der Waals surface area contributed by atoms with Crippen molar-refractivity contribution in [3.05, 3.63) is 114 Å². The Morgan fingerprint density at radius 1 is 0.897 bits per heavy atom. The lowest BCUT2D eigenvalue weighted by Crippen LogP contribution is -2.41. The molecule has 1 aliphatic heterocycles. The molecule has 0 aliphatic carbocycles. The van der Waals surface area contributed by atoms with Gasteiger partial charge in [0, 0.05) is 5.92 Å². The van der Waals surface area contributed by atoms with Gasteiger partial charge in [-0.3, -0.25) is 4.79 Å². The number of carbonyl (C=O) groups excluding carboxylic acids is 1. The average Bonchev–Trinajstić information content (AvgIpc) is 2.80. The number of ketones is 1. The molecule has 2 unspecified atom stereocenters. The van der Waals surface area contributed by atoms with Crippen molar-refractivity contribution in [2.45, 2.75) is 11.6 Å². The third-order valence-electron chi connectivity index (χ3n) is 5.90. The van der Waals surface area contributed by atoms with Crippen LogP contribution in [0.2, 0.25) is 0 Å². The smallest absolute Gasteiger partial charge is 0.154 e. The number of halogens is 1. The minimum Gasteiger partial charge on any atom is -0.298 e. The van der Waals surface area contributed by atoms with E-state index in [1.165, 1.54) is 16.4 Å². The van der Waals surface area contributed by atoms with E-state index in [1.54, 1.807) is 0 Å². The molecular formula is C26H24ClOP. The molecule has 0 spiro atoms. The van der Waals surface area contributed by atoms with Crippen LogP contribution in [0.5, 0.6) is 0 Å². The number of alkyl halides is 1. The maximum absolute atomic E-state index is 12.8. The summed E-state index contributed by atoms with van der Waals surface area (Å²) in [7, 11) is -0.658. The molecule has 2 atom stereocenters. The molecule has 29 heavy (non-hydrogen) atoms. The van der Waals surface area contributed by atoms with Crippen molar-refractivity contribution < 1.29 is 4.79 Å². The van der Waals surface area contributed by atoms with E-state index in [-0.39, 0.29) is 17.6 Å². The number of rotatable bonds is 5. The molecule has 3 aromatic carbocycles. The van der Waals surface area contributed by atoms with Gasteiger partial charge in [0.15, 0.2) is 5.78 Å². The van der Waals surface area contributed by atoms with E-state index in [1.807, 2.05) is 12.1 Å². The van der Waals surface area contributed by atoms with E-state index >= 15 is 0 Å². The van der Waals surface area contributed by atoms with Crippen LogP contribution < -0.4 is 5.30 Å². The van der Waals surface area contributed by atoms with Gasteiger partial charge in [0.2, 0.25) is 0 Å². The lowest BCUT2D eigenvalue weighted by molar-refractivity contribution is -0.119. The number of Topliss-reactive ketones (excluding diaryl/α,β-unsaturated/α-hetero) is 1. The molecule has 0 N–H and O–H groups in total. The Bertz CT molecular complexity index is 945. The molecule has 3 heteroatoms. The largest absolute Gasteiger partial charge is 0.298 e. The van der Waals surface area contributed by atoms with Gasteiger partial charge in [-0.25, -0.2) is 0 Å². The first-order valence-electron chi connectivity index (χ1n) is 9.91. The van der Waals surface area contributed by atoms with Crippen molar-refractivity contribution >= 4 is 30.6 Å². The average molecular weight is 419 g/mol. The fourth-order valence-electron chi connectivity index (χ4n) is 4.61. The summed E-state index contributed by atoms with van der Waals surface area (Å²) in [6, 6.07) is 31.9. The van der Waals surface area contributed by atoms with Crippen LogP contribution >= 0.6 is 19.5 Å². The minimum atomic E-state index is -0.658. The molecule has 1 saturated heterocycles. The van der Waals surface area contributed by atoms with Crippen LogP contribution in [0.3, 0.4) is 0 Å². The van der Waals surface area contributed by atoms with E-state index in [2.05, 4.69) is 85.4 Å². The zero-order valence-corrected chi connectivity index (χ0v) is 17.9. The van der Waals surface area contributed by atoms with Gasteiger partial charge < -0.3 is 0 Å². The molecule has 4 rings (SSSR count). The third-order valence-corrected chi connectivity index (χ3v) is 9.41. The van der Waals surface area contributed by atoms with Crippen molar-refractivity contribution in [2.24, 2.45) is 5.92 Å². The SMILES string of the molecule is C=C1C(C(=O)CCl)CCP(c2ccccc2)C1(c1ccccc1)c1ccccc1. The molecule has 0 amide bonds. The Hall–Kier alpha value is -2.21. The zero-order chi connectivity index (χ0) is 20.3. The number of benzene rings is 3. The monoisotopic (exact) mass is 418 g/mol. The standard InChI is InChI=1S/C26H24ClOP/c1-20-24(25(28)19-27)17-18-29(23-15-9-4-10-16-23)26(20,21-11-5-2-6-12-21)22-13-7-3-8-14-22/h2-16,24H,1,17-19H2. The second-order valence-electron chi connectivity index (χ2n) is 7.40. The summed E-state index contributed by atoms with van der Waals surface area (Å²) in [4.78, 5) is 12.8. The van der Waals surface area contributed by atoms with Gasteiger partial charge in [0.05, 0.1) is 11.0 Å². The Labute approximate surface area is 179 Å². The number of hydrogen-bond acceptors (Lipinski definition) is 1. The van der Waals surface area contributed by atoms with Crippen molar-refractivity contribution in [2.75, 3.05) is 12.0 Å². The summed E-state index contributed by atoms with van der Waals surface area (Å²) in [6.45, 7) is 4.58. The Morgan fingerprint density at radius 2 is 1.38 bits per heavy atom. The van der Waals surface area contributed by atoms with Crippen LogP contribution in [0.15, 0.2) is 103 Å². The van der Waals surface area contributed by atoms with Gasteiger partial charge in [0.1, 0.15) is 0 Å². The van der Waals surface area contributed by atoms with Crippen LogP contribution in [-0.2, 0) is 9.95 Å². The summed E-state index contributed by atoms with van der Waals surface area (Å²) in [5, 5.41) is 0.928. The fourth-order valence-corrected chi connectivity index (χ4v) is 8.25. The highest BCUT2D eigenvalue weighted by Crippen LogP contribution is 2.67. The molecule has 0 aromatic heterocycles. The predicted octanol–water partition coefficient (Wildman–Crippen LogP) is 6.12. The first-order valence-corrected chi connectivity index (χ1v) is 12.0. The number of hydrogen-bond donors (Lipinski definition) is 0. The molecule has 3 aromatic rings. The normalized spacial score (nSPS) is 20.9. The third kappa shape index (κ3) is 3.48.